The first-order valence-corrected chi connectivity index (χ1v) is 14.6. The number of hydrogen-bond acceptors (Lipinski definition) is 7. The predicted molar refractivity (Wildman–Crippen MR) is 139 cm³/mol. The highest BCUT2D eigenvalue weighted by molar-refractivity contribution is 7.91. The number of ether oxygens (including phenoxy) is 1. The highest BCUT2D eigenvalue weighted by Crippen LogP contribution is 2.71. The second-order valence-corrected chi connectivity index (χ2v) is 13.2. The lowest BCUT2D eigenvalue weighted by Gasteiger charge is -2.35. The summed E-state index contributed by atoms with van der Waals surface area (Å²) in [5, 5.41) is 8.82. The van der Waals surface area contributed by atoms with Crippen LogP contribution in [-0.2, 0) is 19.4 Å². The molecule has 2 aromatic heterocycles. The number of methoxy groups -OCH3 is 1. The van der Waals surface area contributed by atoms with Crippen molar-refractivity contribution < 1.29 is 35.5 Å². The Morgan fingerprint density at radius 2 is 1.90 bits per heavy atom. The molecule has 0 aliphatic heterocycles. The van der Waals surface area contributed by atoms with E-state index in [1.54, 1.807) is 6.92 Å². The van der Waals surface area contributed by atoms with Crippen LogP contribution in [-0.4, -0.2) is 59.5 Å². The molecular formula is C25H26ClF4N5O4S. The summed E-state index contributed by atoms with van der Waals surface area (Å²) in [7, 11) is -1.86. The topological polar surface area (TPSA) is 115 Å². The Morgan fingerprint density at radius 1 is 1.23 bits per heavy atom. The largest absolute Gasteiger partial charge is 0.375 e. The van der Waals surface area contributed by atoms with Gasteiger partial charge in [-0.1, -0.05) is 17.7 Å². The molecule has 5 rings (SSSR count). The Bertz CT molecular complexity index is 1630. The van der Waals surface area contributed by atoms with E-state index in [0.717, 1.165) is 25.3 Å². The van der Waals surface area contributed by atoms with Crippen molar-refractivity contribution >= 4 is 44.4 Å². The second kappa shape index (κ2) is 9.55. The molecule has 2 aliphatic carbocycles. The van der Waals surface area contributed by atoms with Crippen molar-refractivity contribution in [3.8, 4) is 0 Å². The summed E-state index contributed by atoms with van der Waals surface area (Å²) in [6.45, 7) is 2.68. The summed E-state index contributed by atoms with van der Waals surface area (Å²) < 4.78 is 90.5. The average molecular weight is 604 g/mol. The molecule has 3 atom stereocenters. The summed E-state index contributed by atoms with van der Waals surface area (Å²) in [6, 6.07) is 3.03. The maximum absolute atomic E-state index is 15.3. The Labute approximate surface area is 232 Å². The van der Waals surface area contributed by atoms with Crippen LogP contribution in [0, 0.1) is 17.0 Å². The zero-order valence-corrected chi connectivity index (χ0v) is 23.4. The number of fused-ring (bicyclic) bond motifs is 1. The highest BCUT2D eigenvalue weighted by Gasteiger charge is 2.83. The number of carbonyl (C=O) groups excluding carboxylic acids is 1. The van der Waals surface area contributed by atoms with Crippen LogP contribution in [0.2, 0.25) is 5.15 Å². The maximum Gasteiger partial charge on any atom is 0.271 e. The third-order valence-corrected chi connectivity index (χ3v) is 9.76. The standard InChI is InChI=1S/C25H26ClF4N5O4S/c1-11(39-3)21-16(10-31-18-9-17(26)34-35(18)21)33-15-6-5-14(19(27)20(15)28)22-24(2,25(22,29)30)23(36)32-12-7-13(8-12)40(4,37)38/h5-6,9-13,22,33H,7-8H2,1-4H3,(H,32,36)/t11-,12?,13?,22?,24?/m0/s1. The van der Waals surface area contributed by atoms with Crippen LogP contribution in [0.15, 0.2) is 24.4 Å². The number of aromatic nitrogens is 3. The van der Waals surface area contributed by atoms with E-state index in [9.17, 15) is 13.2 Å². The van der Waals surface area contributed by atoms with Gasteiger partial charge in [0.15, 0.2) is 22.4 Å². The van der Waals surface area contributed by atoms with Crippen molar-refractivity contribution in [2.45, 2.75) is 55.9 Å². The minimum Gasteiger partial charge on any atom is -0.375 e. The zero-order valence-electron chi connectivity index (χ0n) is 21.8. The first-order valence-electron chi connectivity index (χ1n) is 12.3. The average Bonchev–Trinajstić information content (AvgIpc) is 3.09. The van der Waals surface area contributed by atoms with Crippen molar-refractivity contribution in [1.82, 2.24) is 19.9 Å². The number of rotatable bonds is 8. The first kappa shape index (κ1) is 28.6. The van der Waals surface area contributed by atoms with Crippen LogP contribution in [0.1, 0.15) is 50.0 Å². The number of nitrogens with one attached hydrogen (secondary N) is 2. The van der Waals surface area contributed by atoms with Crippen LogP contribution in [0.5, 0.6) is 0 Å². The van der Waals surface area contributed by atoms with E-state index in [1.165, 1.54) is 23.9 Å². The Balaban J connectivity index is 1.40. The smallest absolute Gasteiger partial charge is 0.271 e. The van der Waals surface area contributed by atoms with Gasteiger partial charge in [-0.2, -0.15) is 5.10 Å². The quantitative estimate of drug-likeness (QED) is 0.363. The van der Waals surface area contributed by atoms with Gasteiger partial charge in [0.2, 0.25) is 5.91 Å². The van der Waals surface area contributed by atoms with Gasteiger partial charge in [0, 0.05) is 31.0 Å². The van der Waals surface area contributed by atoms with Gasteiger partial charge in [-0.15, -0.1) is 0 Å². The van der Waals surface area contributed by atoms with Crippen LogP contribution in [0.4, 0.5) is 28.9 Å². The fourth-order valence-electron chi connectivity index (χ4n) is 5.24. The molecule has 0 bridgehead atoms. The summed E-state index contributed by atoms with van der Waals surface area (Å²) in [5.41, 5.74) is -2.34. The highest BCUT2D eigenvalue weighted by atomic mass is 35.5. The summed E-state index contributed by atoms with van der Waals surface area (Å²) in [5.74, 6) is -9.56. The maximum atomic E-state index is 15.3. The lowest BCUT2D eigenvalue weighted by molar-refractivity contribution is -0.130. The predicted octanol–water partition coefficient (Wildman–Crippen LogP) is 4.54. The third kappa shape index (κ3) is 4.40. The Hall–Kier alpha value is -2.97. The number of anilines is 2. The molecule has 15 heteroatoms. The van der Waals surface area contributed by atoms with Crippen molar-refractivity contribution in [2.75, 3.05) is 18.7 Å². The zero-order chi connectivity index (χ0) is 29.4. The second-order valence-electron chi connectivity index (χ2n) is 10.5. The summed E-state index contributed by atoms with van der Waals surface area (Å²) in [4.78, 5) is 17.0. The molecule has 2 saturated carbocycles. The van der Waals surface area contributed by atoms with E-state index in [-0.39, 0.29) is 29.4 Å². The lowest BCUT2D eigenvalue weighted by Crippen LogP contribution is -2.51. The molecule has 1 aromatic carbocycles. The Morgan fingerprint density at radius 3 is 2.52 bits per heavy atom. The fraction of sp³-hybridized carbons (Fsp3) is 0.480. The fourth-order valence-corrected chi connectivity index (χ4v) is 6.58. The molecule has 9 nitrogen and oxygen atoms in total. The monoisotopic (exact) mass is 603 g/mol. The van der Waals surface area contributed by atoms with Crippen molar-refractivity contribution in [2.24, 2.45) is 5.41 Å². The minimum absolute atomic E-state index is 0.106. The Kier molecular flexibility index (Phi) is 6.82. The number of nitrogens with zero attached hydrogens (tertiary/aromatic N) is 3. The number of carbonyl (C=O) groups is 1. The molecule has 2 unspecified atom stereocenters. The van der Waals surface area contributed by atoms with Gasteiger partial charge in [-0.3, -0.25) is 4.79 Å². The van der Waals surface area contributed by atoms with E-state index < -0.39 is 67.6 Å². The number of halogens is 5. The number of sulfone groups is 1. The molecular weight excluding hydrogens is 578 g/mol. The van der Waals surface area contributed by atoms with Crippen molar-refractivity contribution in [3.63, 3.8) is 0 Å². The van der Waals surface area contributed by atoms with Crippen molar-refractivity contribution in [1.29, 1.82) is 0 Å². The van der Waals surface area contributed by atoms with E-state index >= 15 is 17.6 Å². The molecule has 0 saturated heterocycles. The normalized spacial score (nSPS) is 26.3. The first-order chi connectivity index (χ1) is 18.6. The molecule has 2 heterocycles. The van der Waals surface area contributed by atoms with Gasteiger partial charge in [0.05, 0.1) is 40.5 Å². The minimum atomic E-state index is -3.66. The molecule has 40 heavy (non-hydrogen) atoms. The van der Waals surface area contributed by atoms with Crippen LogP contribution >= 0.6 is 11.6 Å². The number of alkyl halides is 2. The van der Waals surface area contributed by atoms with E-state index in [1.807, 2.05) is 0 Å². The van der Waals surface area contributed by atoms with Gasteiger partial charge < -0.3 is 15.4 Å². The molecule has 0 spiro atoms. The van der Waals surface area contributed by atoms with Crippen molar-refractivity contribution in [3.05, 3.63) is 52.4 Å². The molecule has 2 aliphatic rings. The van der Waals surface area contributed by atoms with E-state index in [4.69, 9.17) is 16.3 Å². The number of hydrogen-bond donors (Lipinski definition) is 2. The summed E-state index contributed by atoms with van der Waals surface area (Å²) in [6.07, 6.45) is 2.06. The molecule has 1 amide bonds. The van der Waals surface area contributed by atoms with Gasteiger partial charge in [-0.05, 0) is 32.8 Å². The van der Waals surface area contributed by atoms with E-state index in [0.29, 0.717) is 11.3 Å². The van der Waals surface area contributed by atoms with E-state index in [2.05, 4.69) is 20.7 Å². The SMILES string of the molecule is CO[C@@H](C)c1c(Nc2ccc(C3C(F)(F)C3(C)C(=O)NC3CC(S(C)(=O)=O)C3)c(F)c2F)cnc2cc(Cl)nn12. The molecule has 2 N–H and O–H groups in total. The van der Waals surface area contributed by atoms with Gasteiger partial charge in [0.1, 0.15) is 15.3 Å². The van der Waals surface area contributed by atoms with Crippen LogP contribution in [0.3, 0.4) is 0 Å². The third-order valence-electron chi connectivity index (χ3n) is 7.98. The van der Waals surface area contributed by atoms with Crippen LogP contribution < -0.4 is 10.6 Å². The number of amides is 1. The molecule has 0 radical (unpaired) electrons. The molecule has 216 valence electrons. The van der Waals surface area contributed by atoms with Gasteiger partial charge in [0.25, 0.3) is 5.92 Å². The lowest BCUT2D eigenvalue weighted by atomic mass is 9.90. The van der Waals surface area contributed by atoms with Gasteiger partial charge >= 0.3 is 0 Å². The van der Waals surface area contributed by atoms with Gasteiger partial charge in [-0.25, -0.2) is 35.5 Å². The molecule has 3 aromatic rings. The summed E-state index contributed by atoms with van der Waals surface area (Å²) >= 11 is 5.99. The molecule has 2 fully saturated rings. The van der Waals surface area contributed by atoms with Crippen LogP contribution in [0.25, 0.3) is 5.65 Å². The number of benzene rings is 1.